The molecule has 3 atom stereocenters. The minimum absolute atomic E-state index is 0.223. The number of hydrogen-bond donors (Lipinski definition) is 2. The summed E-state index contributed by atoms with van der Waals surface area (Å²) in [7, 11) is 0. The second kappa shape index (κ2) is 5.14. The molecule has 1 rings (SSSR count). The third-order valence-corrected chi connectivity index (χ3v) is 1.71. The zero-order valence-corrected chi connectivity index (χ0v) is 7.30. The van der Waals surface area contributed by atoms with E-state index >= 15 is 0 Å². The van der Waals surface area contributed by atoms with Crippen LogP contribution in [0.15, 0.2) is 24.8 Å². The number of ether oxygens (including phenoxy) is 2. The van der Waals surface area contributed by atoms with Gasteiger partial charge in [-0.25, -0.2) is 0 Å². The Kier molecular flexibility index (Phi) is 4.11. The largest absolute Gasteiger partial charge is 0.394 e. The Morgan fingerprint density at radius 3 is 2.92 bits per heavy atom. The highest BCUT2D eigenvalue weighted by atomic mass is 16.7. The van der Waals surface area contributed by atoms with Crippen molar-refractivity contribution in [1.82, 2.24) is 0 Å². The van der Waals surface area contributed by atoms with Crippen LogP contribution in [0.1, 0.15) is 0 Å². The van der Waals surface area contributed by atoms with Crippen LogP contribution < -0.4 is 0 Å². The number of hydrogen-bond acceptors (Lipinski definition) is 4. The maximum absolute atomic E-state index is 9.26. The third kappa shape index (κ3) is 2.93. The van der Waals surface area contributed by atoms with Gasteiger partial charge in [-0.1, -0.05) is 12.2 Å². The molecular weight excluding hydrogens is 172 g/mol. The van der Waals surface area contributed by atoms with Crippen LogP contribution in [-0.4, -0.2) is 41.9 Å². The molecule has 1 aliphatic heterocycles. The number of aliphatic hydroxyl groups excluding tert-OH is 2. The van der Waals surface area contributed by atoms with Crippen molar-refractivity contribution in [2.75, 3.05) is 13.2 Å². The molecule has 1 aliphatic rings. The van der Waals surface area contributed by atoms with Crippen molar-refractivity contribution in [3.63, 3.8) is 0 Å². The third-order valence-electron chi connectivity index (χ3n) is 1.71. The van der Waals surface area contributed by atoms with Gasteiger partial charge in [-0.15, -0.1) is 6.58 Å². The molecule has 74 valence electrons. The van der Waals surface area contributed by atoms with E-state index in [1.807, 2.05) is 0 Å². The summed E-state index contributed by atoms with van der Waals surface area (Å²) in [5, 5.41) is 18.1. The molecule has 1 heterocycles. The zero-order chi connectivity index (χ0) is 9.68. The van der Waals surface area contributed by atoms with Gasteiger partial charge >= 0.3 is 0 Å². The van der Waals surface area contributed by atoms with E-state index < -0.39 is 18.5 Å². The predicted molar refractivity (Wildman–Crippen MR) is 47.0 cm³/mol. The lowest BCUT2D eigenvalue weighted by Crippen LogP contribution is -2.38. The first-order valence-corrected chi connectivity index (χ1v) is 4.13. The maximum Gasteiger partial charge on any atom is 0.177 e. The highest BCUT2D eigenvalue weighted by Gasteiger charge is 2.24. The molecular formula is C9H14O4. The van der Waals surface area contributed by atoms with Crippen molar-refractivity contribution in [2.24, 2.45) is 0 Å². The Morgan fingerprint density at radius 1 is 1.54 bits per heavy atom. The lowest BCUT2D eigenvalue weighted by atomic mass is 10.1. The van der Waals surface area contributed by atoms with Crippen molar-refractivity contribution >= 4 is 0 Å². The lowest BCUT2D eigenvalue weighted by molar-refractivity contribution is -0.175. The fraction of sp³-hybridized carbons (Fsp3) is 0.556. The van der Waals surface area contributed by atoms with Crippen LogP contribution in [0.4, 0.5) is 0 Å². The average molecular weight is 186 g/mol. The molecule has 0 aromatic rings. The first-order valence-electron chi connectivity index (χ1n) is 4.13. The van der Waals surface area contributed by atoms with E-state index in [0.29, 0.717) is 6.61 Å². The van der Waals surface area contributed by atoms with Gasteiger partial charge in [0.1, 0.15) is 12.2 Å². The Bertz CT molecular complexity index is 190. The van der Waals surface area contributed by atoms with Crippen LogP contribution in [0.3, 0.4) is 0 Å². The lowest BCUT2D eigenvalue weighted by Gasteiger charge is -2.27. The van der Waals surface area contributed by atoms with E-state index in [-0.39, 0.29) is 6.61 Å². The first-order chi connectivity index (χ1) is 6.27. The molecule has 0 amide bonds. The zero-order valence-electron chi connectivity index (χ0n) is 7.30. The average Bonchev–Trinajstić information content (AvgIpc) is 2.16. The summed E-state index contributed by atoms with van der Waals surface area (Å²) in [5.74, 6) is 0. The van der Waals surface area contributed by atoms with Gasteiger partial charge in [0.15, 0.2) is 6.29 Å². The summed E-state index contributed by atoms with van der Waals surface area (Å²) in [6.45, 7) is 3.65. The molecule has 0 bridgehead atoms. The van der Waals surface area contributed by atoms with Crippen LogP contribution >= 0.6 is 0 Å². The Hall–Kier alpha value is -0.680. The van der Waals surface area contributed by atoms with Crippen molar-refractivity contribution in [1.29, 1.82) is 0 Å². The molecule has 4 nitrogen and oxygen atoms in total. The van der Waals surface area contributed by atoms with Crippen LogP contribution in [0.25, 0.3) is 0 Å². The van der Waals surface area contributed by atoms with Crippen molar-refractivity contribution in [3.05, 3.63) is 24.8 Å². The number of rotatable bonds is 4. The van der Waals surface area contributed by atoms with Crippen LogP contribution in [0.5, 0.6) is 0 Å². The van der Waals surface area contributed by atoms with Gasteiger partial charge in [-0.2, -0.15) is 0 Å². The fourth-order valence-electron chi connectivity index (χ4n) is 1.04. The van der Waals surface area contributed by atoms with Crippen LogP contribution in [0.2, 0.25) is 0 Å². The van der Waals surface area contributed by atoms with Crippen molar-refractivity contribution in [3.8, 4) is 0 Å². The SMILES string of the molecule is C=CCO[C@@H]1C=C[C@H](O)[C@@H](CO)O1. The van der Waals surface area contributed by atoms with E-state index in [9.17, 15) is 5.11 Å². The normalized spacial score (nSPS) is 33.2. The van der Waals surface area contributed by atoms with Crippen molar-refractivity contribution < 1.29 is 19.7 Å². The minimum Gasteiger partial charge on any atom is -0.394 e. The molecule has 0 aromatic heterocycles. The molecule has 0 unspecified atom stereocenters. The molecule has 0 saturated carbocycles. The summed E-state index contributed by atoms with van der Waals surface area (Å²) in [6, 6.07) is 0. The Morgan fingerprint density at radius 2 is 2.31 bits per heavy atom. The molecule has 13 heavy (non-hydrogen) atoms. The standard InChI is InChI=1S/C9H14O4/c1-2-5-12-9-4-3-7(11)8(6-10)13-9/h2-4,7-11H,1,5-6H2/t7-,8+,9-/m0/s1. The molecule has 0 radical (unpaired) electrons. The van der Waals surface area contributed by atoms with E-state index in [4.69, 9.17) is 14.6 Å². The van der Waals surface area contributed by atoms with Gasteiger partial charge in [-0.05, 0) is 6.08 Å². The first kappa shape index (κ1) is 10.4. The minimum atomic E-state index is -0.756. The van der Waals surface area contributed by atoms with Gasteiger partial charge in [0.2, 0.25) is 0 Å². The molecule has 4 heteroatoms. The molecule has 0 aromatic carbocycles. The van der Waals surface area contributed by atoms with Gasteiger partial charge < -0.3 is 19.7 Å². The van der Waals surface area contributed by atoms with Gasteiger partial charge in [0.25, 0.3) is 0 Å². The Labute approximate surface area is 77.1 Å². The van der Waals surface area contributed by atoms with Gasteiger partial charge in [-0.3, -0.25) is 0 Å². The van der Waals surface area contributed by atoms with Gasteiger partial charge in [0.05, 0.1) is 13.2 Å². The molecule has 0 fully saturated rings. The molecule has 0 saturated heterocycles. The van der Waals surface area contributed by atoms with E-state index in [1.54, 1.807) is 18.2 Å². The summed E-state index contributed by atoms with van der Waals surface area (Å²) in [6.07, 6.45) is 2.92. The quantitative estimate of drug-likeness (QED) is 0.598. The second-order valence-corrected chi connectivity index (χ2v) is 2.72. The highest BCUT2D eigenvalue weighted by molar-refractivity contribution is 4.99. The predicted octanol–water partition coefficient (Wildman–Crippen LogP) is -0.177. The fourth-order valence-corrected chi connectivity index (χ4v) is 1.04. The second-order valence-electron chi connectivity index (χ2n) is 2.72. The van der Waals surface area contributed by atoms with E-state index in [0.717, 1.165) is 0 Å². The highest BCUT2D eigenvalue weighted by Crippen LogP contribution is 2.13. The van der Waals surface area contributed by atoms with Gasteiger partial charge in [0, 0.05) is 0 Å². The smallest absolute Gasteiger partial charge is 0.177 e. The van der Waals surface area contributed by atoms with Crippen LogP contribution in [-0.2, 0) is 9.47 Å². The monoisotopic (exact) mass is 186 g/mol. The summed E-state index contributed by atoms with van der Waals surface area (Å²) in [4.78, 5) is 0. The van der Waals surface area contributed by atoms with Crippen molar-refractivity contribution in [2.45, 2.75) is 18.5 Å². The summed E-state index contributed by atoms with van der Waals surface area (Å²) >= 11 is 0. The molecule has 0 aliphatic carbocycles. The Balaban J connectivity index is 2.42. The maximum atomic E-state index is 9.26. The summed E-state index contributed by atoms with van der Waals surface area (Å²) < 4.78 is 10.4. The van der Waals surface area contributed by atoms with E-state index in [1.165, 1.54) is 0 Å². The summed E-state index contributed by atoms with van der Waals surface area (Å²) in [5.41, 5.74) is 0. The number of aliphatic hydroxyl groups is 2. The molecule has 0 spiro atoms. The van der Waals surface area contributed by atoms with E-state index in [2.05, 4.69) is 6.58 Å². The topological polar surface area (TPSA) is 58.9 Å². The molecule has 2 N–H and O–H groups in total. The van der Waals surface area contributed by atoms with Crippen LogP contribution in [0, 0.1) is 0 Å².